The molecule has 0 aliphatic heterocycles. The van der Waals surface area contributed by atoms with Gasteiger partial charge in [0.15, 0.2) is 0 Å². The smallest absolute Gasteiger partial charge is 0.137 e. The molecule has 2 heteroatoms. The van der Waals surface area contributed by atoms with Crippen molar-refractivity contribution in [3.05, 3.63) is 48.2 Å². The molecule has 1 saturated carbocycles. The van der Waals surface area contributed by atoms with Gasteiger partial charge in [-0.2, -0.15) is 0 Å². The fourth-order valence-electron chi connectivity index (χ4n) is 4.86. The summed E-state index contributed by atoms with van der Waals surface area (Å²) in [5.74, 6) is 2.79. The third-order valence-electron chi connectivity index (χ3n) is 6.82. The van der Waals surface area contributed by atoms with Crippen molar-refractivity contribution in [2.24, 2.45) is 11.8 Å². The van der Waals surface area contributed by atoms with Gasteiger partial charge in [-0.15, -0.1) is 0 Å². The number of unbranched alkanes of at least 4 members (excludes halogenated alkanes) is 4. The van der Waals surface area contributed by atoms with Gasteiger partial charge in [-0.3, -0.25) is 4.98 Å². The number of hydrogen-bond acceptors (Lipinski definition) is 2. The Bertz CT molecular complexity index is 698. The zero-order valence-electron chi connectivity index (χ0n) is 19.2. The lowest BCUT2D eigenvalue weighted by atomic mass is 9.77. The van der Waals surface area contributed by atoms with E-state index in [1.54, 1.807) is 0 Å². The van der Waals surface area contributed by atoms with Crippen molar-refractivity contribution in [2.45, 2.75) is 90.9 Å². The van der Waals surface area contributed by atoms with Crippen LogP contribution in [0.4, 0.5) is 0 Å². The summed E-state index contributed by atoms with van der Waals surface area (Å²) in [6, 6.07) is 13.1. The first-order valence-corrected chi connectivity index (χ1v) is 12.5. The van der Waals surface area contributed by atoms with Crippen molar-refractivity contribution < 1.29 is 4.74 Å². The van der Waals surface area contributed by atoms with Gasteiger partial charge in [0, 0.05) is 5.56 Å². The van der Waals surface area contributed by atoms with Crippen LogP contribution in [0.3, 0.4) is 0 Å². The second kappa shape index (κ2) is 12.8. The minimum absolute atomic E-state index is 0.677. The lowest BCUT2D eigenvalue weighted by molar-refractivity contribution is 0.248. The summed E-state index contributed by atoms with van der Waals surface area (Å²) in [4.78, 5) is 4.53. The summed E-state index contributed by atoms with van der Waals surface area (Å²) >= 11 is 0. The number of ether oxygens (including phenoxy) is 1. The SMILES string of the molecule is CCCCCCC[C@H]1CC[C@H](CCc2ccc(-c3ccc(OCC)cn3)cc2)CC1. The number of aromatic nitrogens is 1. The van der Waals surface area contributed by atoms with Gasteiger partial charge in [0.05, 0.1) is 18.5 Å². The van der Waals surface area contributed by atoms with Crippen molar-refractivity contribution in [1.29, 1.82) is 0 Å². The standard InChI is InChI=1S/C28H41NO/c1-3-5-6-7-8-9-23-10-12-24(13-11-23)14-15-25-16-18-26(19-17-25)28-21-20-27(22-29-28)30-4-2/h16-24H,3-15H2,1-2H3/t23-,24-. The normalized spacial score (nSPS) is 19.0. The van der Waals surface area contributed by atoms with E-state index < -0.39 is 0 Å². The molecule has 1 aromatic carbocycles. The summed E-state index contributed by atoms with van der Waals surface area (Å²) in [5, 5.41) is 0. The van der Waals surface area contributed by atoms with Crippen LogP contribution in [0.1, 0.15) is 90.0 Å². The predicted octanol–water partition coefficient (Wildman–Crippen LogP) is 8.25. The van der Waals surface area contributed by atoms with Gasteiger partial charge in [-0.25, -0.2) is 0 Å². The molecule has 1 heterocycles. The number of rotatable bonds is 12. The Labute approximate surface area is 184 Å². The second-order valence-corrected chi connectivity index (χ2v) is 9.14. The van der Waals surface area contributed by atoms with E-state index in [-0.39, 0.29) is 0 Å². The van der Waals surface area contributed by atoms with Crippen LogP contribution in [0.5, 0.6) is 5.75 Å². The van der Waals surface area contributed by atoms with Crippen LogP contribution in [0.25, 0.3) is 11.3 Å². The summed E-state index contributed by atoms with van der Waals surface area (Å²) in [6.45, 7) is 4.97. The van der Waals surface area contributed by atoms with Crippen LogP contribution in [-0.2, 0) is 6.42 Å². The number of pyridine rings is 1. The minimum Gasteiger partial charge on any atom is -0.492 e. The molecule has 3 rings (SSSR count). The van der Waals surface area contributed by atoms with Crippen LogP contribution in [0, 0.1) is 11.8 Å². The zero-order valence-corrected chi connectivity index (χ0v) is 19.2. The molecule has 2 aromatic rings. The van der Waals surface area contributed by atoms with Crippen molar-refractivity contribution in [1.82, 2.24) is 4.98 Å². The molecule has 0 radical (unpaired) electrons. The lowest BCUT2D eigenvalue weighted by Gasteiger charge is -2.28. The fourth-order valence-corrected chi connectivity index (χ4v) is 4.86. The Morgan fingerprint density at radius 2 is 1.50 bits per heavy atom. The van der Waals surface area contributed by atoms with Crippen molar-refractivity contribution in [3.8, 4) is 17.0 Å². The summed E-state index contributed by atoms with van der Waals surface area (Å²) in [6.07, 6.45) is 18.8. The molecule has 0 spiro atoms. The maximum atomic E-state index is 5.48. The highest BCUT2D eigenvalue weighted by molar-refractivity contribution is 5.59. The second-order valence-electron chi connectivity index (χ2n) is 9.14. The van der Waals surface area contributed by atoms with Gasteiger partial charge in [-0.05, 0) is 49.3 Å². The first-order chi connectivity index (χ1) is 14.8. The highest BCUT2D eigenvalue weighted by Gasteiger charge is 2.20. The minimum atomic E-state index is 0.677. The van der Waals surface area contributed by atoms with Crippen molar-refractivity contribution in [2.75, 3.05) is 6.61 Å². The highest BCUT2D eigenvalue weighted by atomic mass is 16.5. The van der Waals surface area contributed by atoms with E-state index in [9.17, 15) is 0 Å². The van der Waals surface area contributed by atoms with E-state index in [1.807, 2.05) is 25.3 Å². The van der Waals surface area contributed by atoms with E-state index in [4.69, 9.17) is 4.74 Å². The molecular weight excluding hydrogens is 366 g/mol. The number of hydrogen-bond donors (Lipinski definition) is 0. The summed E-state index contributed by atoms with van der Waals surface area (Å²) in [5.41, 5.74) is 3.65. The molecule has 1 aliphatic carbocycles. The van der Waals surface area contributed by atoms with E-state index in [0.717, 1.165) is 23.3 Å². The molecule has 164 valence electrons. The van der Waals surface area contributed by atoms with Gasteiger partial charge in [0.1, 0.15) is 5.75 Å². The van der Waals surface area contributed by atoms with E-state index in [1.165, 1.54) is 88.2 Å². The molecule has 0 N–H and O–H groups in total. The molecule has 0 atom stereocenters. The Balaban J connectivity index is 1.36. The monoisotopic (exact) mass is 407 g/mol. The summed E-state index contributed by atoms with van der Waals surface area (Å²) in [7, 11) is 0. The Hall–Kier alpha value is -1.83. The van der Waals surface area contributed by atoms with Crippen LogP contribution < -0.4 is 4.74 Å². The van der Waals surface area contributed by atoms with Gasteiger partial charge in [0.25, 0.3) is 0 Å². The topological polar surface area (TPSA) is 22.1 Å². The Morgan fingerprint density at radius 1 is 0.800 bits per heavy atom. The van der Waals surface area contributed by atoms with Gasteiger partial charge >= 0.3 is 0 Å². The van der Waals surface area contributed by atoms with E-state index >= 15 is 0 Å². The highest BCUT2D eigenvalue weighted by Crippen LogP contribution is 2.34. The molecule has 1 aromatic heterocycles. The molecule has 1 fully saturated rings. The first-order valence-electron chi connectivity index (χ1n) is 12.5. The molecule has 2 nitrogen and oxygen atoms in total. The first kappa shape index (κ1) is 22.8. The third kappa shape index (κ3) is 7.45. The molecule has 30 heavy (non-hydrogen) atoms. The quantitative estimate of drug-likeness (QED) is 0.330. The largest absolute Gasteiger partial charge is 0.492 e. The Morgan fingerprint density at radius 3 is 2.13 bits per heavy atom. The number of aryl methyl sites for hydroxylation is 1. The van der Waals surface area contributed by atoms with Crippen LogP contribution in [0.2, 0.25) is 0 Å². The van der Waals surface area contributed by atoms with E-state index in [2.05, 4.69) is 36.2 Å². The molecule has 1 aliphatic rings. The summed E-state index contributed by atoms with van der Waals surface area (Å²) < 4.78 is 5.48. The predicted molar refractivity (Wildman–Crippen MR) is 128 cm³/mol. The lowest BCUT2D eigenvalue weighted by Crippen LogP contribution is -2.15. The van der Waals surface area contributed by atoms with Crippen LogP contribution in [-0.4, -0.2) is 11.6 Å². The molecule has 0 unspecified atom stereocenters. The fraction of sp³-hybridized carbons (Fsp3) is 0.607. The van der Waals surface area contributed by atoms with Crippen LogP contribution in [0.15, 0.2) is 42.6 Å². The van der Waals surface area contributed by atoms with Gasteiger partial charge < -0.3 is 4.74 Å². The van der Waals surface area contributed by atoms with E-state index in [0.29, 0.717) is 6.61 Å². The van der Waals surface area contributed by atoms with Crippen molar-refractivity contribution >= 4 is 0 Å². The Kier molecular flexibility index (Phi) is 9.73. The zero-order chi connectivity index (χ0) is 21.0. The number of benzene rings is 1. The molecule has 0 amide bonds. The van der Waals surface area contributed by atoms with Gasteiger partial charge in [0.2, 0.25) is 0 Å². The molecular formula is C28H41NO. The maximum Gasteiger partial charge on any atom is 0.137 e. The van der Waals surface area contributed by atoms with Crippen LogP contribution >= 0.6 is 0 Å². The van der Waals surface area contributed by atoms with Gasteiger partial charge in [-0.1, -0.05) is 95.4 Å². The third-order valence-corrected chi connectivity index (χ3v) is 6.82. The average molecular weight is 408 g/mol. The molecule has 0 saturated heterocycles. The van der Waals surface area contributed by atoms with Crippen molar-refractivity contribution in [3.63, 3.8) is 0 Å². The maximum absolute atomic E-state index is 5.48. The molecule has 0 bridgehead atoms. The average Bonchev–Trinajstić information content (AvgIpc) is 2.79. The number of nitrogens with zero attached hydrogens (tertiary/aromatic N) is 1.